The van der Waals surface area contributed by atoms with Crippen molar-refractivity contribution in [2.45, 2.75) is 25.5 Å². The predicted octanol–water partition coefficient (Wildman–Crippen LogP) is 4.17. The molecule has 2 aromatic carbocycles. The number of ether oxygens (including phenoxy) is 2. The number of thiocarbonyl (C=S) groups is 1. The van der Waals surface area contributed by atoms with Crippen LogP contribution in [0.1, 0.15) is 24.0 Å². The minimum Gasteiger partial charge on any atom is -0.497 e. The number of hydrogen-bond donors (Lipinski definition) is 0. The van der Waals surface area contributed by atoms with Gasteiger partial charge >= 0.3 is 0 Å². The number of methoxy groups -OCH3 is 1. The van der Waals surface area contributed by atoms with E-state index in [1.165, 1.54) is 16.7 Å². The molecule has 4 rings (SSSR count). The van der Waals surface area contributed by atoms with Crippen LogP contribution in [0, 0.1) is 0 Å². The zero-order valence-corrected chi connectivity index (χ0v) is 22.4. The fraction of sp³-hybridized carbons (Fsp3) is 0.370. The minimum atomic E-state index is -0.249. The van der Waals surface area contributed by atoms with Crippen molar-refractivity contribution in [3.05, 3.63) is 64.6 Å². The number of thioether (sulfide) groups is 1. The van der Waals surface area contributed by atoms with Gasteiger partial charge in [-0.1, -0.05) is 48.2 Å². The van der Waals surface area contributed by atoms with E-state index in [2.05, 4.69) is 0 Å². The van der Waals surface area contributed by atoms with Crippen LogP contribution in [0.4, 0.5) is 5.69 Å². The summed E-state index contributed by atoms with van der Waals surface area (Å²) in [5.41, 5.74) is 2.98. The molecule has 0 spiro atoms. The maximum Gasteiger partial charge on any atom is 0.266 e. The molecule has 0 N–H and O–H groups in total. The molecule has 2 aliphatic heterocycles. The first-order valence-corrected chi connectivity index (χ1v) is 13.1. The topological polar surface area (TPSA) is 62.3 Å². The Kier molecular flexibility index (Phi) is 8.66. The number of hydrogen-bond acceptors (Lipinski definition) is 7. The van der Waals surface area contributed by atoms with Crippen LogP contribution < -0.4 is 9.64 Å². The summed E-state index contributed by atoms with van der Waals surface area (Å²) in [4.78, 5) is 32.3. The van der Waals surface area contributed by atoms with E-state index in [1.54, 1.807) is 18.1 Å². The number of nitrogens with zero attached hydrogens (tertiary/aromatic N) is 3. The first-order chi connectivity index (χ1) is 17.3. The van der Waals surface area contributed by atoms with Crippen molar-refractivity contribution < 1.29 is 19.1 Å². The summed E-state index contributed by atoms with van der Waals surface area (Å²) in [5, 5.41) is 0. The molecule has 0 saturated carbocycles. The van der Waals surface area contributed by atoms with E-state index in [1.807, 2.05) is 67.5 Å². The van der Waals surface area contributed by atoms with Gasteiger partial charge in [-0.25, -0.2) is 0 Å². The Morgan fingerprint density at radius 3 is 2.53 bits per heavy atom. The third-order valence-electron chi connectivity index (χ3n) is 6.21. The highest BCUT2D eigenvalue weighted by Gasteiger charge is 2.35. The van der Waals surface area contributed by atoms with Gasteiger partial charge in [-0.05, 0) is 54.3 Å². The van der Waals surface area contributed by atoms with Gasteiger partial charge in [0.25, 0.3) is 5.91 Å². The SMILES string of the molecule is COc1ccc(/C=C2\SC(=S)N(CC(=O)N(Cc3ccc(N(C)C)cc3)CC3CCCO3)C2=O)cc1. The molecule has 2 aliphatic rings. The number of amides is 2. The maximum atomic E-state index is 13.5. The molecule has 2 fully saturated rings. The summed E-state index contributed by atoms with van der Waals surface area (Å²) >= 11 is 6.69. The fourth-order valence-corrected chi connectivity index (χ4v) is 5.39. The summed E-state index contributed by atoms with van der Waals surface area (Å²) in [6, 6.07) is 15.6. The Morgan fingerprint density at radius 2 is 1.92 bits per heavy atom. The van der Waals surface area contributed by atoms with Crippen LogP contribution in [0.25, 0.3) is 6.08 Å². The van der Waals surface area contributed by atoms with E-state index >= 15 is 0 Å². The average molecular weight is 526 g/mol. The molecular weight excluding hydrogens is 494 g/mol. The van der Waals surface area contributed by atoms with E-state index < -0.39 is 0 Å². The van der Waals surface area contributed by atoms with Crippen molar-refractivity contribution in [3.63, 3.8) is 0 Å². The molecule has 36 heavy (non-hydrogen) atoms. The molecule has 0 aliphatic carbocycles. The Balaban J connectivity index is 1.46. The number of carbonyl (C=O) groups is 2. The average Bonchev–Trinajstić information content (AvgIpc) is 3.48. The molecule has 1 unspecified atom stereocenters. The molecule has 0 bridgehead atoms. The summed E-state index contributed by atoms with van der Waals surface area (Å²) < 4.78 is 11.4. The van der Waals surface area contributed by atoms with Gasteiger partial charge in [0.15, 0.2) is 0 Å². The second-order valence-electron chi connectivity index (χ2n) is 9.01. The van der Waals surface area contributed by atoms with Gasteiger partial charge in [-0.15, -0.1) is 0 Å². The summed E-state index contributed by atoms with van der Waals surface area (Å²) in [6.45, 7) is 1.57. The molecule has 7 nitrogen and oxygen atoms in total. The first kappa shape index (κ1) is 26.2. The zero-order valence-electron chi connectivity index (χ0n) is 20.8. The smallest absolute Gasteiger partial charge is 0.266 e. The highest BCUT2D eigenvalue weighted by atomic mass is 32.2. The maximum absolute atomic E-state index is 13.5. The third-order valence-corrected chi connectivity index (χ3v) is 7.59. The Morgan fingerprint density at radius 1 is 1.19 bits per heavy atom. The van der Waals surface area contributed by atoms with Crippen LogP contribution in [0.3, 0.4) is 0 Å². The normalized spacial score (nSPS) is 18.7. The summed E-state index contributed by atoms with van der Waals surface area (Å²) in [6.07, 6.45) is 3.72. The van der Waals surface area contributed by atoms with Crippen LogP contribution in [-0.2, 0) is 20.9 Å². The molecule has 2 saturated heterocycles. The number of benzene rings is 2. The van der Waals surface area contributed by atoms with E-state index in [4.69, 9.17) is 21.7 Å². The number of carbonyl (C=O) groups excluding carboxylic acids is 2. The van der Waals surface area contributed by atoms with Crippen molar-refractivity contribution in [1.29, 1.82) is 0 Å². The van der Waals surface area contributed by atoms with Gasteiger partial charge in [0.1, 0.15) is 16.6 Å². The van der Waals surface area contributed by atoms with Crippen LogP contribution in [-0.4, -0.2) is 72.9 Å². The van der Waals surface area contributed by atoms with Crippen LogP contribution in [0.5, 0.6) is 5.75 Å². The molecule has 9 heteroatoms. The van der Waals surface area contributed by atoms with Gasteiger partial charge in [-0.2, -0.15) is 0 Å². The predicted molar refractivity (Wildman–Crippen MR) is 148 cm³/mol. The van der Waals surface area contributed by atoms with Crippen molar-refractivity contribution in [2.24, 2.45) is 0 Å². The lowest BCUT2D eigenvalue weighted by molar-refractivity contribution is -0.137. The van der Waals surface area contributed by atoms with Gasteiger partial charge in [0, 0.05) is 39.5 Å². The van der Waals surface area contributed by atoms with Crippen molar-refractivity contribution >= 4 is 51.9 Å². The second kappa shape index (κ2) is 11.9. The van der Waals surface area contributed by atoms with Gasteiger partial charge < -0.3 is 19.3 Å². The zero-order chi connectivity index (χ0) is 25.7. The molecule has 190 valence electrons. The molecule has 0 aromatic heterocycles. The monoisotopic (exact) mass is 525 g/mol. The highest BCUT2D eigenvalue weighted by molar-refractivity contribution is 8.26. The lowest BCUT2D eigenvalue weighted by atomic mass is 10.1. The van der Waals surface area contributed by atoms with Gasteiger partial charge in [-0.3, -0.25) is 14.5 Å². The lowest BCUT2D eigenvalue weighted by Crippen LogP contribution is -2.44. The fourth-order valence-electron chi connectivity index (χ4n) is 4.13. The molecule has 2 aromatic rings. The van der Waals surface area contributed by atoms with Crippen LogP contribution in [0.15, 0.2) is 53.4 Å². The highest BCUT2D eigenvalue weighted by Crippen LogP contribution is 2.33. The quantitative estimate of drug-likeness (QED) is 0.360. The molecule has 2 amide bonds. The Labute approximate surface area is 222 Å². The van der Waals surface area contributed by atoms with Crippen LogP contribution in [0.2, 0.25) is 0 Å². The second-order valence-corrected chi connectivity index (χ2v) is 10.7. The van der Waals surface area contributed by atoms with Crippen molar-refractivity contribution in [2.75, 3.05) is 45.8 Å². The van der Waals surface area contributed by atoms with E-state index in [0.717, 1.165) is 42.0 Å². The Bertz CT molecular complexity index is 1130. The summed E-state index contributed by atoms with van der Waals surface area (Å²) in [5.74, 6) is 0.346. The largest absolute Gasteiger partial charge is 0.497 e. The summed E-state index contributed by atoms with van der Waals surface area (Å²) in [7, 11) is 5.60. The molecule has 1 atom stereocenters. The standard InChI is InChI=1S/C27H31N3O4S2/c1-28(2)21-10-6-20(7-11-21)16-29(17-23-5-4-14-34-23)25(31)18-30-26(32)24(36-27(30)35)15-19-8-12-22(33-3)13-9-19/h6-13,15,23H,4-5,14,16-18H2,1-3H3/b24-15-. The first-order valence-electron chi connectivity index (χ1n) is 11.9. The lowest BCUT2D eigenvalue weighted by Gasteiger charge is -2.27. The Hall–Kier alpha value is -2.88. The number of anilines is 1. The molecule has 2 heterocycles. The molecule has 0 radical (unpaired) electrons. The molecular formula is C27H31N3O4S2. The van der Waals surface area contributed by atoms with Crippen LogP contribution >= 0.6 is 24.0 Å². The van der Waals surface area contributed by atoms with Crippen molar-refractivity contribution in [3.8, 4) is 5.75 Å². The van der Waals surface area contributed by atoms with Gasteiger partial charge in [0.05, 0.1) is 18.1 Å². The van der Waals surface area contributed by atoms with E-state index in [-0.39, 0.29) is 24.5 Å². The number of rotatable bonds is 9. The van der Waals surface area contributed by atoms with E-state index in [0.29, 0.717) is 22.3 Å². The van der Waals surface area contributed by atoms with E-state index in [9.17, 15) is 9.59 Å². The van der Waals surface area contributed by atoms with Gasteiger partial charge in [0.2, 0.25) is 5.91 Å². The minimum absolute atomic E-state index is 0.0103. The van der Waals surface area contributed by atoms with Crippen molar-refractivity contribution in [1.82, 2.24) is 9.80 Å². The third kappa shape index (κ3) is 6.46.